The molecule has 0 radical (unpaired) electrons. The standard InChI is InChI=1S/C13H20O2S/c1-14-13-7-5-12(6-8-13)11-15-9-3-2-4-10-16/h5-8,16H,2-4,9-11H2,1H3. The van der Waals surface area contributed by atoms with Gasteiger partial charge < -0.3 is 9.47 Å². The van der Waals surface area contributed by atoms with Crippen LogP contribution in [0.4, 0.5) is 0 Å². The summed E-state index contributed by atoms with van der Waals surface area (Å²) in [4.78, 5) is 0. The first-order chi connectivity index (χ1) is 7.86. The third-order valence-corrected chi connectivity index (χ3v) is 2.69. The van der Waals surface area contributed by atoms with Crippen LogP contribution in [0.25, 0.3) is 0 Å². The largest absolute Gasteiger partial charge is 0.497 e. The van der Waals surface area contributed by atoms with Gasteiger partial charge in [0.05, 0.1) is 13.7 Å². The molecule has 0 atom stereocenters. The fourth-order valence-electron chi connectivity index (χ4n) is 1.40. The van der Waals surface area contributed by atoms with Gasteiger partial charge in [-0.2, -0.15) is 12.6 Å². The molecule has 0 N–H and O–H groups in total. The zero-order chi connectivity index (χ0) is 11.6. The van der Waals surface area contributed by atoms with E-state index in [4.69, 9.17) is 9.47 Å². The number of unbranched alkanes of at least 4 members (excludes halogenated alkanes) is 2. The topological polar surface area (TPSA) is 18.5 Å². The molecule has 0 amide bonds. The Morgan fingerprint density at radius 2 is 1.81 bits per heavy atom. The zero-order valence-corrected chi connectivity index (χ0v) is 10.7. The summed E-state index contributed by atoms with van der Waals surface area (Å²) >= 11 is 4.17. The van der Waals surface area contributed by atoms with Crippen LogP contribution in [-0.2, 0) is 11.3 Å². The fraction of sp³-hybridized carbons (Fsp3) is 0.538. The van der Waals surface area contributed by atoms with Crippen molar-refractivity contribution in [1.29, 1.82) is 0 Å². The van der Waals surface area contributed by atoms with Gasteiger partial charge in [-0.1, -0.05) is 18.6 Å². The van der Waals surface area contributed by atoms with Crippen LogP contribution < -0.4 is 4.74 Å². The first-order valence-electron chi connectivity index (χ1n) is 5.68. The van der Waals surface area contributed by atoms with Crippen LogP contribution in [0.1, 0.15) is 24.8 Å². The van der Waals surface area contributed by atoms with Crippen LogP contribution in [0.3, 0.4) is 0 Å². The molecular formula is C13H20O2S. The zero-order valence-electron chi connectivity index (χ0n) is 9.82. The van der Waals surface area contributed by atoms with Gasteiger partial charge in [0.15, 0.2) is 0 Å². The lowest BCUT2D eigenvalue weighted by molar-refractivity contribution is 0.117. The van der Waals surface area contributed by atoms with E-state index in [1.165, 1.54) is 18.4 Å². The van der Waals surface area contributed by atoms with Crippen molar-refractivity contribution >= 4 is 12.6 Å². The SMILES string of the molecule is COc1ccc(COCCCCCS)cc1. The van der Waals surface area contributed by atoms with Crippen molar-refractivity contribution in [3.63, 3.8) is 0 Å². The second kappa shape index (κ2) is 8.48. The van der Waals surface area contributed by atoms with Crippen LogP contribution in [0.2, 0.25) is 0 Å². The number of rotatable bonds is 8. The Labute approximate surface area is 103 Å². The third kappa shape index (κ3) is 5.42. The maximum absolute atomic E-state index is 5.57. The third-order valence-electron chi connectivity index (χ3n) is 2.37. The Hall–Kier alpha value is -0.670. The van der Waals surface area contributed by atoms with Gasteiger partial charge in [0, 0.05) is 6.61 Å². The van der Waals surface area contributed by atoms with Crippen LogP contribution in [0, 0.1) is 0 Å². The maximum Gasteiger partial charge on any atom is 0.118 e. The Morgan fingerprint density at radius 1 is 1.06 bits per heavy atom. The Morgan fingerprint density at radius 3 is 2.44 bits per heavy atom. The molecule has 0 fully saturated rings. The quantitative estimate of drug-likeness (QED) is 0.555. The average molecular weight is 240 g/mol. The van der Waals surface area contributed by atoms with E-state index in [1.807, 2.05) is 24.3 Å². The van der Waals surface area contributed by atoms with Gasteiger partial charge in [-0.3, -0.25) is 0 Å². The monoisotopic (exact) mass is 240 g/mol. The van der Waals surface area contributed by atoms with E-state index in [1.54, 1.807) is 7.11 Å². The van der Waals surface area contributed by atoms with E-state index in [9.17, 15) is 0 Å². The van der Waals surface area contributed by atoms with E-state index >= 15 is 0 Å². The highest BCUT2D eigenvalue weighted by atomic mass is 32.1. The summed E-state index contributed by atoms with van der Waals surface area (Å²) in [7, 11) is 1.67. The molecule has 0 aliphatic heterocycles. The molecule has 0 unspecified atom stereocenters. The molecule has 2 nitrogen and oxygen atoms in total. The minimum atomic E-state index is 0.685. The maximum atomic E-state index is 5.57. The predicted octanol–water partition coefficient (Wildman–Crippen LogP) is 3.31. The summed E-state index contributed by atoms with van der Waals surface area (Å²) in [6.45, 7) is 1.52. The molecule has 0 bridgehead atoms. The highest BCUT2D eigenvalue weighted by Crippen LogP contribution is 2.12. The van der Waals surface area contributed by atoms with E-state index in [0.29, 0.717) is 6.61 Å². The van der Waals surface area contributed by atoms with Gasteiger partial charge in [-0.15, -0.1) is 0 Å². The number of hydrogen-bond donors (Lipinski definition) is 1. The Bertz CT molecular complexity index is 272. The molecule has 0 heterocycles. The number of methoxy groups -OCH3 is 1. The molecule has 0 saturated heterocycles. The van der Waals surface area contributed by atoms with E-state index < -0.39 is 0 Å². The van der Waals surface area contributed by atoms with Crippen molar-refractivity contribution in [2.45, 2.75) is 25.9 Å². The van der Waals surface area contributed by atoms with Crippen molar-refractivity contribution in [2.24, 2.45) is 0 Å². The predicted molar refractivity (Wildman–Crippen MR) is 70.4 cm³/mol. The first-order valence-corrected chi connectivity index (χ1v) is 6.31. The molecule has 90 valence electrons. The number of hydrogen-bond acceptors (Lipinski definition) is 3. The molecule has 3 heteroatoms. The average Bonchev–Trinajstić information content (AvgIpc) is 2.34. The highest BCUT2D eigenvalue weighted by Gasteiger charge is 1.95. The summed E-state index contributed by atoms with van der Waals surface area (Å²) in [6.07, 6.45) is 3.50. The summed E-state index contributed by atoms with van der Waals surface area (Å²) in [5.74, 6) is 1.86. The van der Waals surface area contributed by atoms with E-state index in [2.05, 4.69) is 12.6 Å². The minimum absolute atomic E-state index is 0.685. The normalized spacial score (nSPS) is 10.4. The molecule has 0 aliphatic carbocycles. The van der Waals surface area contributed by atoms with Crippen LogP contribution in [0.15, 0.2) is 24.3 Å². The van der Waals surface area contributed by atoms with Crippen molar-refractivity contribution < 1.29 is 9.47 Å². The van der Waals surface area contributed by atoms with Crippen LogP contribution in [0.5, 0.6) is 5.75 Å². The number of benzene rings is 1. The summed E-state index contributed by atoms with van der Waals surface area (Å²) in [6, 6.07) is 7.98. The van der Waals surface area contributed by atoms with Crippen LogP contribution in [-0.4, -0.2) is 19.5 Å². The second-order valence-corrected chi connectivity index (χ2v) is 4.13. The smallest absolute Gasteiger partial charge is 0.118 e. The highest BCUT2D eigenvalue weighted by molar-refractivity contribution is 7.80. The summed E-state index contributed by atoms with van der Waals surface area (Å²) < 4.78 is 10.7. The van der Waals surface area contributed by atoms with Gasteiger partial charge in [0.1, 0.15) is 5.75 Å². The molecule has 16 heavy (non-hydrogen) atoms. The molecule has 0 spiro atoms. The molecular weight excluding hydrogens is 220 g/mol. The molecule has 0 aliphatic rings. The van der Waals surface area contributed by atoms with Gasteiger partial charge in [-0.05, 0) is 36.3 Å². The lowest BCUT2D eigenvalue weighted by Gasteiger charge is -2.05. The molecule has 1 rings (SSSR count). The Balaban J connectivity index is 2.12. The number of thiol groups is 1. The molecule has 0 aromatic heterocycles. The number of ether oxygens (including phenoxy) is 2. The van der Waals surface area contributed by atoms with Crippen LogP contribution >= 0.6 is 12.6 Å². The van der Waals surface area contributed by atoms with Gasteiger partial charge in [-0.25, -0.2) is 0 Å². The summed E-state index contributed by atoms with van der Waals surface area (Å²) in [5.41, 5.74) is 1.19. The van der Waals surface area contributed by atoms with Crippen molar-refractivity contribution in [3.8, 4) is 5.75 Å². The van der Waals surface area contributed by atoms with Gasteiger partial charge >= 0.3 is 0 Å². The van der Waals surface area contributed by atoms with Gasteiger partial charge in [0.2, 0.25) is 0 Å². The molecule has 1 aromatic rings. The van der Waals surface area contributed by atoms with Crippen molar-refractivity contribution in [2.75, 3.05) is 19.5 Å². The molecule has 1 aromatic carbocycles. The van der Waals surface area contributed by atoms with Crippen molar-refractivity contribution in [1.82, 2.24) is 0 Å². The lowest BCUT2D eigenvalue weighted by Crippen LogP contribution is -1.96. The lowest BCUT2D eigenvalue weighted by atomic mass is 10.2. The summed E-state index contributed by atoms with van der Waals surface area (Å²) in [5, 5.41) is 0. The molecule has 0 saturated carbocycles. The van der Waals surface area contributed by atoms with Crippen molar-refractivity contribution in [3.05, 3.63) is 29.8 Å². The second-order valence-electron chi connectivity index (χ2n) is 3.68. The fourth-order valence-corrected chi connectivity index (χ4v) is 1.63. The first kappa shape index (κ1) is 13.4. The Kier molecular flexibility index (Phi) is 7.10. The van der Waals surface area contributed by atoms with E-state index in [0.717, 1.165) is 24.5 Å². The minimum Gasteiger partial charge on any atom is -0.497 e. The van der Waals surface area contributed by atoms with E-state index in [-0.39, 0.29) is 0 Å². The van der Waals surface area contributed by atoms with Gasteiger partial charge in [0.25, 0.3) is 0 Å².